The summed E-state index contributed by atoms with van der Waals surface area (Å²) in [5, 5.41) is 8.82. The maximum atomic E-state index is 5.95. The molecule has 1 saturated heterocycles. The number of rotatable bonds is 4. The van der Waals surface area contributed by atoms with E-state index in [1.807, 2.05) is 49.4 Å². The number of nitrogens with one attached hydrogen (secondary N) is 1. The minimum absolute atomic E-state index is 0. The number of guanidine groups is 1. The van der Waals surface area contributed by atoms with Gasteiger partial charge in [0.1, 0.15) is 11.1 Å². The van der Waals surface area contributed by atoms with Crippen LogP contribution in [0.2, 0.25) is 0 Å². The summed E-state index contributed by atoms with van der Waals surface area (Å²) in [4.78, 5) is 12.7. The SMILES string of the molecule is CN=C(NCc1sc(-c2ccccc2)nc1C)N1CCOC(c2cnn(C)c2)C1.I. The molecular formula is C21H27IN6OS. The summed E-state index contributed by atoms with van der Waals surface area (Å²) < 4.78 is 7.76. The quantitative estimate of drug-likeness (QED) is 0.312. The zero-order valence-electron chi connectivity index (χ0n) is 17.4. The van der Waals surface area contributed by atoms with Gasteiger partial charge in [-0.1, -0.05) is 30.3 Å². The number of benzene rings is 1. The number of thiazole rings is 1. The molecule has 2 aromatic heterocycles. The predicted octanol–water partition coefficient (Wildman–Crippen LogP) is 3.62. The Kier molecular flexibility index (Phi) is 7.84. The maximum absolute atomic E-state index is 5.95. The van der Waals surface area contributed by atoms with E-state index in [-0.39, 0.29) is 30.1 Å². The molecular weight excluding hydrogens is 511 g/mol. The van der Waals surface area contributed by atoms with Crippen molar-refractivity contribution in [2.45, 2.75) is 19.6 Å². The van der Waals surface area contributed by atoms with Crippen LogP contribution in [0.3, 0.4) is 0 Å². The Morgan fingerprint density at radius 1 is 1.33 bits per heavy atom. The Hall–Kier alpha value is -1.98. The second-order valence-corrected chi connectivity index (χ2v) is 8.13. The molecule has 1 aromatic carbocycles. The topological polar surface area (TPSA) is 67.6 Å². The number of ether oxygens (including phenoxy) is 1. The molecule has 0 saturated carbocycles. The number of aryl methyl sites for hydroxylation is 2. The molecule has 30 heavy (non-hydrogen) atoms. The van der Waals surface area contributed by atoms with Crippen molar-refractivity contribution in [1.29, 1.82) is 0 Å². The summed E-state index contributed by atoms with van der Waals surface area (Å²) >= 11 is 1.73. The summed E-state index contributed by atoms with van der Waals surface area (Å²) in [6.07, 6.45) is 3.89. The molecule has 3 aromatic rings. The van der Waals surface area contributed by atoms with Crippen molar-refractivity contribution in [3.8, 4) is 10.6 Å². The highest BCUT2D eigenvalue weighted by molar-refractivity contribution is 14.0. The summed E-state index contributed by atoms with van der Waals surface area (Å²) in [5.74, 6) is 0.885. The lowest BCUT2D eigenvalue weighted by Gasteiger charge is -2.34. The highest BCUT2D eigenvalue weighted by atomic mass is 127. The Balaban J connectivity index is 0.00000256. The van der Waals surface area contributed by atoms with Crippen LogP contribution in [0.5, 0.6) is 0 Å². The third-order valence-corrected chi connectivity index (χ3v) is 6.20. The first-order valence-corrected chi connectivity index (χ1v) is 10.5. The van der Waals surface area contributed by atoms with E-state index in [0.29, 0.717) is 13.2 Å². The Morgan fingerprint density at radius 2 is 2.13 bits per heavy atom. The fourth-order valence-corrected chi connectivity index (χ4v) is 4.45. The molecule has 1 aliphatic heterocycles. The van der Waals surface area contributed by atoms with Gasteiger partial charge in [0.05, 0.1) is 31.6 Å². The smallest absolute Gasteiger partial charge is 0.194 e. The van der Waals surface area contributed by atoms with Crippen LogP contribution in [-0.2, 0) is 18.3 Å². The van der Waals surface area contributed by atoms with E-state index in [9.17, 15) is 0 Å². The standard InChI is InChI=1S/C21H26N6OS.HI/c1-15-19(29-20(25-15)16-7-5-4-6-8-16)12-23-21(22-2)27-9-10-28-18(14-27)17-11-24-26(3)13-17;/h4-8,11,13,18H,9-10,12,14H2,1-3H3,(H,22,23);1H. The molecule has 0 bridgehead atoms. The van der Waals surface area contributed by atoms with Gasteiger partial charge in [-0.25, -0.2) is 4.98 Å². The highest BCUT2D eigenvalue weighted by Gasteiger charge is 2.25. The molecule has 1 fully saturated rings. The van der Waals surface area contributed by atoms with Crippen molar-refractivity contribution in [3.63, 3.8) is 0 Å². The zero-order valence-corrected chi connectivity index (χ0v) is 20.6. The van der Waals surface area contributed by atoms with E-state index in [0.717, 1.165) is 40.9 Å². The Morgan fingerprint density at radius 3 is 2.83 bits per heavy atom. The van der Waals surface area contributed by atoms with Crippen molar-refractivity contribution in [1.82, 2.24) is 25.0 Å². The van der Waals surface area contributed by atoms with Crippen LogP contribution in [0.15, 0.2) is 47.7 Å². The van der Waals surface area contributed by atoms with E-state index >= 15 is 0 Å². The number of halogens is 1. The maximum Gasteiger partial charge on any atom is 0.194 e. The fraction of sp³-hybridized carbons (Fsp3) is 0.381. The van der Waals surface area contributed by atoms with Crippen molar-refractivity contribution in [3.05, 3.63) is 58.9 Å². The second-order valence-electron chi connectivity index (χ2n) is 7.05. The van der Waals surface area contributed by atoms with Gasteiger partial charge < -0.3 is 15.0 Å². The third kappa shape index (κ3) is 5.19. The molecule has 9 heteroatoms. The molecule has 1 unspecified atom stereocenters. The fourth-order valence-electron chi connectivity index (χ4n) is 3.44. The number of aliphatic imine (C=N–C) groups is 1. The van der Waals surface area contributed by atoms with Crippen molar-refractivity contribution in [2.24, 2.45) is 12.0 Å². The summed E-state index contributed by atoms with van der Waals surface area (Å²) in [5.41, 5.74) is 3.31. The minimum Gasteiger partial charge on any atom is -0.370 e. The van der Waals surface area contributed by atoms with Crippen LogP contribution >= 0.6 is 35.3 Å². The first-order valence-electron chi connectivity index (χ1n) is 9.71. The summed E-state index contributed by atoms with van der Waals surface area (Å²) in [6, 6.07) is 10.3. The van der Waals surface area contributed by atoms with Crippen molar-refractivity contribution < 1.29 is 4.74 Å². The molecule has 1 N–H and O–H groups in total. The number of morpholine rings is 1. The largest absolute Gasteiger partial charge is 0.370 e. The number of hydrogen-bond acceptors (Lipinski definition) is 5. The van der Waals surface area contributed by atoms with Crippen LogP contribution in [0, 0.1) is 6.92 Å². The Bertz CT molecular complexity index is 987. The normalized spacial score (nSPS) is 17.0. The first kappa shape index (κ1) is 22.7. The second kappa shape index (κ2) is 10.4. The monoisotopic (exact) mass is 538 g/mol. The molecule has 1 atom stereocenters. The highest BCUT2D eigenvalue weighted by Crippen LogP contribution is 2.28. The van der Waals surface area contributed by atoms with Gasteiger partial charge in [-0.05, 0) is 6.92 Å². The third-order valence-electron chi connectivity index (χ3n) is 4.99. The van der Waals surface area contributed by atoms with E-state index in [4.69, 9.17) is 9.72 Å². The van der Waals surface area contributed by atoms with E-state index in [2.05, 4.69) is 39.4 Å². The van der Waals surface area contributed by atoms with Crippen molar-refractivity contribution in [2.75, 3.05) is 26.7 Å². The molecule has 7 nitrogen and oxygen atoms in total. The van der Waals surface area contributed by atoms with Crippen LogP contribution in [0.25, 0.3) is 10.6 Å². The van der Waals surface area contributed by atoms with Gasteiger partial charge in [-0.3, -0.25) is 9.67 Å². The van der Waals surface area contributed by atoms with Crippen molar-refractivity contribution >= 4 is 41.3 Å². The lowest BCUT2D eigenvalue weighted by Crippen LogP contribution is -2.47. The molecule has 1 aliphatic rings. The molecule has 0 aliphatic carbocycles. The van der Waals surface area contributed by atoms with Gasteiger partial charge in [0.2, 0.25) is 0 Å². The predicted molar refractivity (Wildman–Crippen MR) is 131 cm³/mol. The van der Waals surface area contributed by atoms with E-state index < -0.39 is 0 Å². The van der Waals surface area contributed by atoms with E-state index in [1.165, 1.54) is 4.88 Å². The Labute approximate surface area is 198 Å². The van der Waals surface area contributed by atoms with Gasteiger partial charge in [-0.15, -0.1) is 35.3 Å². The van der Waals surface area contributed by atoms with Gasteiger partial charge in [0.25, 0.3) is 0 Å². The zero-order chi connectivity index (χ0) is 20.2. The number of hydrogen-bond donors (Lipinski definition) is 1. The molecule has 0 radical (unpaired) electrons. The first-order chi connectivity index (χ1) is 14.1. The van der Waals surface area contributed by atoms with Gasteiger partial charge in [0, 0.05) is 42.8 Å². The lowest BCUT2D eigenvalue weighted by atomic mass is 10.1. The number of nitrogens with zero attached hydrogens (tertiary/aromatic N) is 5. The summed E-state index contributed by atoms with van der Waals surface area (Å²) in [6.45, 7) is 5.00. The van der Waals surface area contributed by atoms with E-state index in [1.54, 1.807) is 11.3 Å². The van der Waals surface area contributed by atoms with Crippen LogP contribution < -0.4 is 5.32 Å². The molecule has 0 amide bonds. The minimum atomic E-state index is 0. The lowest BCUT2D eigenvalue weighted by molar-refractivity contribution is -0.00805. The average Bonchev–Trinajstić information content (AvgIpc) is 3.35. The summed E-state index contributed by atoms with van der Waals surface area (Å²) in [7, 11) is 3.75. The average molecular weight is 538 g/mol. The van der Waals surface area contributed by atoms with Gasteiger partial charge in [0.15, 0.2) is 5.96 Å². The molecule has 0 spiro atoms. The van der Waals surface area contributed by atoms with Gasteiger partial charge in [-0.2, -0.15) is 5.10 Å². The van der Waals surface area contributed by atoms with Crippen LogP contribution in [0.1, 0.15) is 22.2 Å². The molecule has 3 heterocycles. The van der Waals surface area contributed by atoms with Crippen LogP contribution in [-0.4, -0.2) is 52.4 Å². The molecule has 160 valence electrons. The molecule has 4 rings (SSSR count). The van der Waals surface area contributed by atoms with Gasteiger partial charge >= 0.3 is 0 Å². The number of aromatic nitrogens is 3. The van der Waals surface area contributed by atoms with Crippen LogP contribution in [0.4, 0.5) is 0 Å².